The van der Waals surface area contributed by atoms with E-state index in [0.29, 0.717) is 22.7 Å². The highest BCUT2D eigenvalue weighted by atomic mass is 35.5. The molecule has 6 heteroatoms. The summed E-state index contributed by atoms with van der Waals surface area (Å²) in [7, 11) is 0. The summed E-state index contributed by atoms with van der Waals surface area (Å²) >= 11 is 6.32. The predicted molar refractivity (Wildman–Crippen MR) is 115 cm³/mol. The van der Waals surface area contributed by atoms with Crippen molar-refractivity contribution in [1.82, 2.24) is 19.5 Å². The zero-order valence-electron chi connectivity index (χ0n) is 15.7. The number of aryl methyl sites for hydroxylation is 1. The molecule has 0 saturated carbocycles. The Hall–Kier alpha value is -3.44. The molecule has 5 aromatic rings. The maximum atomic E-state index is 13.0. The third-order valence-corrected chi connectivity index (χ3v) is 5.51. The Labute approximate surface area is 172 Å². The van der Waals surface area contributed by atoms with Crippen LogP contribution in [0.15, 0.2) is 67.1 Å². The lowest BCUT2D eigenvalue weighted by Crippen LogP contribution is -2.04. The van der Waals surface area contributed by atoms with Gasteiger partial charge in [0.1, 0.15) is 11.3 Å². The average molecular weight is 401 g/mol. The van der Waals surface area contributed by atoms with Crippen molar-refractivity contribution in [2.45, 2.75) is 13.5 Å². The fraction of sp³-hybridized carbons (Fsp3) is 0.0870. The molecule has 3 heterocycles. The first-order valence-corrected chi connectivity index (χ1v) is 9.66. The van der Waals surface area contributed by atoms with E-state index >= 15 is 0 Å². The van der Waals surface area contributed by atoms with Crippen molar-refractivity contribution in [3.63, 3.8) is 0 Å². The second-order valence-corrected chi connectivity index (χ2v) is 7.41. The number of rotatable bonds is 4. The molecule has 0 radical (unpaired) electrons. The number of hydrogen-bond acceptors (Lipinski definition) is 3. The highest BCUT2D eigenvalue weighted by molar-refractivity contribution is 6.37. The van der Waals surface area contributed by atoms with Gasteiger partial charge in [-0.25, -0.2) is 4.98 Å². The van der Waals surface area contributed by atoms with Crippen LogP contribution < -0.4 is 0 Å². The van der Waals surface area contributed by atoms with Gasteiger partial charge in [-0.2, -0.15) is 0 Å². The number of benzene rings is 2. The number of pyridine rings is 1. The Morgan fingerprint density at radius 2 is 1.97 bits per heavy atom. The van der Waals surface area contributed by atoms with Gasteiger partial charge in [0.05, 0.1) is 16.7 Å². The van der Waals surface area contributed by atoms with Gasteiger partial charge in [0, 0.05) is 41.0 Å². The number of carbonyl (C=O) groups is 1. The molecule has 0 unspecified atom stereocenters. The van der Waals surface area contributed by atoms with Crippen LogP contribution in [-0.4, -0.2) is 25.3 Å². The van der Waals surface area contributed by atoms with Crippen molar-refractivity contribution in [1.29, 1.82) is 0 Å². The Morgan fingerprint density at radius 1 is 1.14 bits per heavy atom. The van der Waals surface area contributed by atoms with Gasteiger partial charge in [-0.15, -0.1) is 0 Å². The van der Waals surface area contributed by atoms with Crippen molar-refractivity contribution >= 4 is 39.3 Å². The van der Waals surface area contributed by atoms with E-state index < -0.39 is 0 Å². The topological polar surface area (TPSA) is 63.6 Å². The molecule has 0 aliphatic heterocycles. The Morgan fingerprint density at radius 3 is 2.79 bits per heavy atom. The second-order valence-electron chi connectivity index (χ2n) is 7.00. The van der Waals surface area contributed by atoms with Crippen molar-refractivity contribution in [3.05, 3.63) is 94.7 Å². The molecule has 0 bridgehead atoms. The summed E-state index contributed by atoms with van der Waals surface area (Å²) in [5.74, 6) is 0.882. The van der Waals surface area contributed by atoms with Crippen LogP contribution >= 0.6 is 11.6 Å². The molecule has 142 valence electrons. The SMILES string of the molecule is Cc1nc2cnccc2n1Cc1ccc(C(=O)c2c[nH]c3cccc(Cl)c23)cc1. The van der Waals surface area contributed by atoms with E-state index in [2.05, 4.69) is 19.5 Å². The van der Waals surface area contributed by atoms with Gasteiger partial charge >= 0.3 is 0 Å². The summed E-state index contributed by atoms with van der Waals surface area (Å²) in [5, 5.41) is 1.33. The smallest absolute Gasteiger partial charge is 0.195 e. The zero-order valence-corrected chi connectivity index (χ0v) is 16.4. The summed E-state index contributed by atoms with van der Waals surface area (Å²) in [4.78, 5) is 24.8. The molecule has 0 aliphatic rings. The monoisotopic (exact) mass is 400 g/mol. The zero-order chi connectivity index (χ0) is 20.0. The fourth-order valence-electron chi connectivity index (χ4n) is 3.72. The number of halogens is 1. The number of hydrogen-bond donors (Lipinski definition) is 1. The third-order valence-electron chi connectivity index (χ3n) is 5.20. The summed E-state index contributed by atoms with van der Waals surface area (Å²) in [6.07, 6.45) is 5.27. The van der Waals surface area contributed by atoms with E-state index in [9.17, 15) is 4.79 Å². The van der Waals surface area contributed by atoms with Crippen LogP contribution in [0.4, 0.5) is 0 Å². The summed E-state index contributed by atoms with van der Waals surface area (Å²) in [6, 6.07) is 15.2. The Bertz CT molecular complexity index is 1370. The minimum Gasteiger partial charge on any atom is -0.360 e. The first-order chi connectivity index (χ1) is 14.1. The van der Waals surface area contributed by atoms with Gasteiger partial charge in [0.2, 0.25) is 0 Å². The van der Waals surface area contributed by atoms with Crippen molar-refractivity contribution in [3.8, 4) is 0 Å². The van der Waals surface area contributed by atoms with Crippen molar-refractivity contribution in [2.75, 3.05) is 0 Å². The lowest BCUT2D eigenvalue weighted by Gasteiger charge is -2.08. The predicted octanol–water partition coefficient (Wildman–Crippen LogP) is 5.15. The summed E-state index contributed by atoms with van der Waals surface area (Å²) < 4.78 is 2.15. The number of ketones is 1. The number of nitrogens with zero attached hydrogens (tertiary/aromatic N) is 3. The molecule has 2 aromatic carbocycles. The molecule has 1 N–H and O–H groups in total. The Kier molecular flexibility index (Phi) is 4.18. The number of aromatic amines is 1. The standard InChI is InChI=1S/C23H17ClN4O/c1-14-27-20-12-25-10-9-21(20)28(14)13-15-5-7-16(8-6-15)23(29)17-11-26-19-4-2-3-18(24)22(17)19/h2-12,26H,13H2,1H3. The first kappa shape index (κ1) is 17.6. The van der Waals surface area contributed by atoms with Crippen LogP contribution in [0, 0.1) is 6.92 Å². The molecule has 0 atom stereocenters. The maximum absolute atomic E-state index is 13.0. The van der Waals surface area contributed by atoms with Crippen LogP contribution in [0.5, 0.6) is 0 Å². The minimum atomic E-state index is -0.0498. The van der Waals surface area contributed by atoms with E-state index in [1.165, 1.54) is 0 Å². The molecule has 0 fully saturated rings. The van der Waals surface area contributed by atoms with Crippen LogP contribution in [0.25, 0.3) is 21.9 Å². The third kappa shape index (κ3) is 3.00. The number of imidazole rings is 1. The molecule has 5 nitrogen and oxygen atoms in total. The van der Waals surface area contributed by atoms with Crippen molar-refractivity contribution in [2.24, 2.45) is 0 Å². The second kappa shape index (κ2) is 6.87. The van der Waals surface area contributed by atoms with Gasteiger partial charge in [0.25, 0.3) is 0 Å². The fourth-order valence-corrected chi connectivity index (χ4v) is 4.00. The van der Waals surface area contributed by atoms with Gasteiger partial charge < -0.3 is 9.55 Å². The lowest BCUT2D eigenvalue weighted by molar-refractivity contribution is 0.104. The van der Waals surface area contributed by atoms with Crippen LogP contribution in [-0.2, 0) is 6.54 Å². The van der Waals surface area contributed by atoms with Crippen LogP contribution in [0.2, 0.25) is 5.02 Å². The van der Waals surface area contributed by atoms with Crippen molar-refractivity contribution < 1.29 is 4.79 Å². The normalized spacial score (nSPS) is 11.4. The molecule has 5 rings (SSSR count). The van der Waals surface area contributed by atoms with E-state index in [4.69, 9.17) is 11.6 Å². The van der Waals surface area contributed by atoms with E-state index in [1.54, 1.807) is 24.7 Å². The molecule has 0 aliphatic carbocycles. The molecular weight excluding hydrogens is 384 g/mol. The van der Waals surface area contributed by atoms with E-state index in [1.807, 2.05) is 49.4 Å². The molecule has 3 aromatic heterocycles. The summed E-state index contributed by atoms with van der Waals surface area (Å²) in [6.45, 7) is 2.67. The minimum absolute atomic E-state index is 0.0498. The van der Waals surface area contributed by atoms with E-state index in [-0.39, 0.29) is 5.78 Å². The van der Waals surface area contributed by atoms with E-state index in [0.717, 1.165) is 33.3 Å². The molecule has 0 amide bonds. The Balaban J connectivity index is 1.45. The molecular formula is C23H17ClN4O. The number of nitrogens with one attached hydrogen (secondary N) is 1. The first-order valence-electron chi connectivity index (χ1n) is 9.28. The summed E-state index contributed by atoms with van der Waals surface area (Å²) in [5.41, 5.74) is 5.10. The van der Waals surface area contributed by atoms with Gasteiger partial charge in [-0.05, 0) is 30.7 Å². The lowest BCUT2D eigenvalue weighted by atomic mass is 10.0. The maximum Gasteiger partial charge on any atom is 0.195 e. The van der Waals surface area contributed by atoms with Crippen LogP contribution in [0.3, 0.4) is 0 Å². The largest absolute Gasteiger partial charge is 0.360 e. The molecule has 0 saturated heterocycles. The molecule has 29 heavy (non-hydrogen) atoms. The number of aromatic nitrogens is 4. The van der Waals surface area contributed by atoms with Gasteiger partial charge in [-0.1, -0.05) is 41.9 Å². The number of H-pyrrole nitrogens is 1. The quantitative estimate of drug-likeness (QED) is 0.424. The van der Waals surface area contributed by atoms with Crippen LogP contribution in [0.1, 0.15) is 27.3 Å². The molecule has 0 spiro atoms. The highest BCUT2D eigenvalue weighted by Gasteiger charge is 2.16. The highest BCUT2D eigenvalue weighted by Crippen LogP contribution is 2.28. The number of carbonyl (C=O) groups excluding carboxylic acids is 1. The van der Waals surface area contributed by atoms with Gasteiger partial charge in [-0.3, -0.25) is 9.78 Å². The number of fused-ring (bicyclic) bond motifs is 2. The average Bonchev–Trinajstić information content (AvgIpc) is 3.30. The van der Waals surface area contributed by atoms with Gasteiger partial charge in [0.15, 0.2) is 5.78 Å².